The number of hydrogen-bond acceptors (Lipinski definition) is 4. The number of fused-ring (bicyclic) bond motifs is 1. The second kappa shape index (κ2) is 6.76. The van der Waals surface area contributed by atoms with Crippen molar-refractivity contribution < 1.29 is 4.79 Å². The molecule has 0 aliphatic heterocycles. The maximum Gasteiger partial charge on any atom is 0.237 e. The Morgan fingerprint density at radius 3 is 3.05 bits per heavy atom. The number of pyridine rings is 1. The van der Waals surface area contributed by atoms with Crippen LogP contribution in [-0.4, -0.2) is 33.3 Å². The minimum Gasteiger partial charge on any atom is -0.349 e. The molecule has 0 radical (unpaired) electrons. The summed E-state index contributed by atoms with van der Waals surface area (Å²) in [5.41, 5.74) is 8.66. The van der Waals surface area contributed by atoms with Crippen molar-refractivity contribution in [3.63, 3.8) is 0 Å². The van der Waals surface area contributed by atoms with Crippen molar-refractivity contribution in [3.05, 3.63) is 35.8 Å². The van der Waals surface area contributed by atoms with Crippen molar-refractivity contribution >= 4 is 23.3 Å². The van der Waals surface area contributed by atoms with E-state index in [1.54, 1.807) is 11.8 Å². The highest BCUT2D eigenvalue weighted by molar-refractivity contribution is 7.98. The van der Waals surface area contributed by atoms with Crippen molar-refractivity contribution in [2.24, 2.45) is 5.73 Å². The largest absolute Gasteiger partial charge is 0.349 e. The van der Waals surface area contributed by atoms with E-state index in [4.69, 9.17) is 5.73 Å². The normalized spacial score (nSPS) is 12.6. The van der Waals surface area contributed by atoms with E-state index < -0.39 is 6.04 Å². The minimum atomic E-state index is -0.443. The quantitative estimate of drug-likeness (QED) is 0.843. The Balaban J connectivity index is 1.95. The summed E-state index contributed by atoms with van der Waals surface area (Å²) in [7, 11) is 0. The van der Waals surface area contributed by atoms with Gasteiger partial charge in [0, 0.05) is 11.9 Å². The van der Waals surface area contributed by atoms with E-state index in [0.717, 1.165) is 22.8 Å². The molecule has 2 rings (SSSR count). The summed E-state index contributed by atoms with van der Waals surface area (Å²) in [6.07, 6.45) is 4.64. The monoisotopic (exact) mass is 292 g/mol. The van der Waals surface area contributed by atoms with Crippen molar-refractivity contribution in [3.8, 4) is 0 Å². The van der Waals surface area contributed by atoms with Crippen LogP contribution in [0.1, 0.15) is 17.8 Å². The molecule has 20 heavy (non-hydrogen) atoms. The molecule has 108 valence electrons. The lowest BCUT2D eigenvalue weighted by Gasteiger charge is -2.10. The highest BCUT2D eigenvalue weighted by Crippen LogP contribution is 2.08. The zero-order chi connectivity index (χ0) is 14.5. The first kappa shape index (κ1) is 14.9. The van der Waals surface area contributed by atoms with E-state index in [1.165, 1.54) is 0 Å². The van der Waals surface area contributed by atoms with Crippen LogP contribution < -0.4 is 11.1 Å². The number of nitrogens with one attached hydrogen (secondary N) is 1. The topological polar surface area (TPSA) is 72.4 Å². The first-order valence-electron chi connectivity index (χ1n) is 6.57. The van der Waals surface area contributed by atoms with Gasteiger partial charge in [0.05, 0.1) is 18.3 Å². The molecule has 3 N–H and O–H groups in total. The van der Waals surface area contributed by atoms with Gasteiger partial charge in [-0.3, -0.25) is 4.79 Å². The highest BCUT2D eigenvalue weighted by Gasteiger charge is 2.13. The van der Waals surface area contributed by atoms with Gasteiger partial charge in [-0.1, -0.05) is 6.07 Å². The van der Waals surface area contributed by atoms with E-state index in [1.807, 2.05) is 42.0 Å². The number of nitrogens with zero attached hydrogens (tertiary/aromatic N) is 2. The average Bonchev–Trinajstić information content (AvgIpc) is 2.86. The van der Waals surface area contributed by atoms with Gasteiger partial charge in [-0.15, -0.1) is 0 Å². The third-order valence-electron chi connectivity index (χ3n) is 3.16. The molecule has 2 aromatic rings. The first-order chi connectivity index (χ1) is 9.61. The molecular weight excluding hydrogens is 272 g/mol. The Hall–Kier alpha value is -1.53. The van der Waals surface area contributed by atoms with Gasteiger partial charge < -0.3 is 15.5 Å². The second-order valence-corrected chi connectivity index (χ2v) is 5.72. The number of nitrogens with two attached hydrogens (primary N) is 1. The Bertz CT molecular complexity index is 596. The molecule has 0 aromatic carbocycles. The van der Waals surface area contributed by atoms with E-state index in [0.29, 0.717) is 13.0 Å². The molecule has 2 heterocycles. The molecule has 2 aromatic heterocycles. The Morgan fingerprint density at radius 1 is 1.55 bits per heavy atom. The predicted molar refractivity (Wildman–Crippen MR) is 82.8 cm³/mol. The van der Waals surface area contributed by atoms with E-state index in [9.17, 15) is 4.79 Å². The number of thioether (sulfide) groups is 1. The van der Waals surface area contributed by atoms with Crippen molar-refractivity contribution in [2.45, 2.75) is 25.9 Å². The van der Waals surface area contributed by atoms with Crippen LogP contribution in [0.15, 0.2) is 24.4 Å². The summed E-state index contributed by atoms with van der Waals surface area (Å²) in [4.78, 5) is 16.3. The predicted octanol–water partition coefficient (Wildman–Crippen LogP) is 1.34. The number of carbonyl (C=O) groups is 1. The fourth-order valence-corrected chi connectivity index (χ4v) is 2.46. The number of rotatable bonds is 6. The van der Waals surface area contributed by atoms with E-state index >= 15 is 0 Å². The van der Waals surface area contributed by atoms with Crippen LogP contribution in [0.2, 0.25) is 0 Å². The van der Waals surface area contributed by atoms with Gasteiger partial charge >= 0.3 is 0 Å². The van der Waals surface area contributed by atoms with E-state index in [2.05, 4.69) is 10.3 Å². The van der Waals surface area contributed by atoms with Gasteiger partial charge in [-0.25, -0.2) is 4.98 Å². The van der Waals surface area contributed by atoms with Crippen molar-refractivity contribution in [1.29, 1.82) is 0 Å². The van der Waals surface area contributed by atoms with Crippen LogP contribution >= 0.6 is 11.8 Å². The molecule has 1 atom stereocenters. The third-order valence-corrected chi connectivity index (χ3v) is 3.80. The SMILES string of the molecule is CSCC[C@H](N)C(=O)NCc1cn2c(C)cccc2n1. The lowest BCUT2D eigenvalue weighted by Crippen LogP contribution is -2.40. The molecule has 1 amide bonds. The zero-order valence-electron chi connectivity index (χ0n) is 11.8. The fraction of sp³-hybridized carbons (Fsp3) is 0.429. The number of aryl methyl sites for hydroxylation is 1. The van der Waals surface area contributed by atoms with E-state index in [-0.39, 0.29) is 5.91 Å². The molecule has 0 spiro atoms. The molecule has 0 fully saturated rings. The van der Waals surface area contributed by atoms with Gasteiger partial charge in [-0.05, 0) is 37.5 Å². The zero-order valence-corrected chi connectivity index (χ0v) is 12.6. The van der Waals surface area contributed by atoms with Gasteiger partial charge in [-0.2, -0.15) is 11.8 Å². The smallest absolute Gasteiger partial charge is 0.237 e. The Kier molecular flexibility index (Phi) is 5.03. The van der Waals surface area contributed by atoms with Crippen LogP contribution in [0.25, 0.3) is 5.65 Å². The molecule has 0 saturated carbocycles. The van der Waals surface area contributed by atoms with Crippen LogP contribution in [0.5, 0.6) is 0 Å². The molecule has 0 unspecified atom stereocenters. The fourth-order valence-electron chi connectivity index (χ4n) is 1.97. The minimum absolute atomic E-state index is 0.118. The summed E-state index contributed by atoms with van der Waals surface area (Å²) in [6.45, 7) is 2.43. The lowest BCUT2D eigenvalue weighted by molar-refractivity contribution is -0.122. The molecular formula is C14H20N4OS. The van der Waals surface area contributed by atoms with Crippen LogP contribution in [-0.2, 0) is 11.3 Å². The Labute approximate surface area is 122 Å². The summed E-state index contributed by atoms with van der Waals surface area (Å²) >= 11 is 1.69. The van der Waals surface area contributed by atoms with Gasteiger partial charge in [0.1, 0.15) is 5.65 Å². The average molecular weight is 292 g/mol. The number of hydrogen-bond donors (Lipinski definition) is 2. The first-order valence-corrected chi connectivity index (χ1v) is 7.97. The van der Waals surface area contributed by atoms with Gasteiger partial charge in [0.15, 0.2) is 0 Å². The lowest BCUT2D eigenvalue weighted by atomic mass is 10.2. The van der Waals surface area contributed by atoms with Crippen molar-refractivity contribution in [1.82, 2.24) is 14.7 Å². The summed E-state index contributed by atoms with van der Waals surface area (Å²) in [6, 6.07) is 5.50. The van der Waals surface area contributed by atoms with Gasteiger partial charge in [0.2, 0.25) is 5.91 Å². The molecule has 0 aliphatic rings. The number of carbonyl (C=O) groups excluding carboxylic acids is 1. The number of imidazole rings is 1. The van der Waals surface area contributed by atoms with Crippen LogP contribution in [0.4, 0.5) is 0 Å². The van der Waals surface area contributed by atoms with Crippen LogP contribution in [0, 0.1) is 6.92 Å². The summed E-state index contributed by atoms with van der Waals surface area (Å²) < 4.78 is 2.01. The summed E-state index contributed by atoms with van der Waals surface area (Å²) in [5, 5.41) is 2.84. The molecule has 6 heteroatoms. The second-order valence-electron chi connectivity index (χ2n) is 4.73. The molecule has 0 aliphatic carbocycles. The Morgan fingerprint density at radius 2 is 2.35 bits per heavy atom. The summed E-state index contributed by atoms with van der Waals surface area (Å²) in [5.74, 6) is 0.773. The maximum atomic E-state index is 11.8. The van der Waals surface area contributed by atoms with Crippen molar-refractivity contribution in [2.75, 3.05) is 12.0 Å². The third kappa shape index (κ3) is 3.52. The molecule has 0 saturated heterocycles. The maximum absolute atomic E-state index is 11.8. The number of amides is 1. The molecule has 0 bridgehead atoms. The van der Waals surface area contributed by atoms with Crippen LogP contribution in [0.3, 0.4) is 0 Å². The van der Waals surface area contributed by atoms with Gasteiger partial charge in [0.25, 0.3) is 0 Å². The highest BCUT2D eigenvalue weighted by atomic mass is 32.2. The molecule has 5 nitrogen and oxygen atoms in total. The number of aromatic nitrogens is 2. The standard InChI is InChI=1S/C14H20N4OS/c1-10-4-3-5-13-17-11(9-18(10)13)8-16-14(19)12(15)6-7-20-2/h3-5,9,12H,6-8,15H2,1-2H3,(H,16,19)/t12-/m0/s1.